The quantitative estimate of drug-likeness (QED) is 0.170. The number of aromatic carboxylic acids is 1. The van der Waals surface area contributed by atoms with Crippen LogP contribution >= 0.6 is 46.4 Å². The van der Waals surface area contributed by atoms with Crippen molar-refractivity contribution in [1.29, 1.82) is 5.26 Å². The van der Waals surface area contributed by atoms with Crippen LogP contribution in [0.2, 0.25) is 20.1 Å². The second-order valence-corrected chi connectivity index (χ2v) is 13.4. The van der Waals surface area contributed by atoms with Crippen LogP contribution in [0.15, 0.2) is 59.7 Å². The van der Waals surface area contributed by atoms with Crippen LogP contribution in [0.5, 0.6) is 0 Å². The summed E-state index contributed by atoms with van der Waals surface area (Å²) in [4.78, 5) is 36.6. The van der Waals surface area contributed by atoms with Crippen LogP contribution in [0.3, 0.4) is 0 Å². The van der Waals surface area contributed by atoms with Crippen LogP contribution in [0.4, 0.5) is 0 Å². The van der Waals surface area contributed by atoms with Crippen LogP contribution in [0.1, 0.15) is 73.1 Å². The highest BCUT2D eigenvalue weighted by molar-refractivity contribution is 6.35. The van der Waals surface area contributed by atoms with Crippen LogP contribution < -0.4 is 0 Å². The number of nitriles is 1. The summed E-state index contributed by atoms with van der Waals surface area (Å²) in [5.41, 5.74) is 2.95. The lowest BCUT2D eigenvalue weighted by Gasteiger charge is -2.53. The number of amides is 1. The highest BCUT2D eigenvalue weighted by Crippen LogP contribution is 2.57. The number of halogens is 4. The molecule has 234 valence electrons. The third-order valence-corrected chi connectivity index (χ3v) is 9.85. The fourth-order valence-electron chi connectivity index (χ4n) is 6.68. The molecule has 0 aromatic heterocycles. The van der Waals surface area contributed by atoms with E-state index in [1.807, 2.05) is 0 Å². The molecule has 44 heavy (non-hydrogen) atoms. The molecule has 0 heterocycles. The minimum Gasteiger partial charge on any atom is -0.478 e. The molecule has 0 radical (unpaired) electrons. The van der Waals surface area contributed by atoms with Gasteiger partial charge >= 0.3 is 5.97 Å². The number of aldehydes is 1. The molecule has 2 aromatic carbocycles. The van der Waals surface area contributed by atoms with Gasteiger partial charge in [-0.15, -0.1) is 0 Å². The Kier molecular flexibility index (Phi) is 12.9. The van der Waals surface area contributed by atoms with Crippen LogP contribution in [0.25, 0.3) is 0 Å². The Labute approximate surface area is 279 Å². The first-order chi connectivity index (χ1) is 20.8. The second-order valence-electron chi connectivity index (χ2n) is 11.6. The van der Waals surface area contributed by atoms with Gasteiger partial charge in [0.2, 0.25) is 0 Å². The molecule has 0 saturated heterocycles. The maximum Gasteiger partial charge on any atom is 0.335 e. The summed E-state index contributed by atoms with van der Waals surface area (Å²) < 4.78 is 0. The van der Waals surface area contributed by atoms with Gasteiger partial charge in [0.25, 0.3) is 5.91 Å². The summed E-state index contributed by atoms with van der Waals surface area (Å²) in [6.45, 7) is 5.00. The van der Waals surface area contributed by atoms with Crippen LogP contribution in [-0.2, 0) is 4.79 Å². The standard InChI is InChI=1S/C27H32Cl2N2O2.C7H4Cl2O2/c1-18-6-9-25-24(23(18)5-4-12-30)8-7-20(10-14-32)27(25,2)11-13-31(3)26(33)19-15-21(28)17-22(29)16-19;8-5-1-4(7(10)11)2-6(9)3-5/h6,10,14-17,23-25H,4-5,7-9,11,13H2,1-3H3;1-3H,(H,10,11)/b20-10-;. The Morgan fingerprint density at radius 3 is 2.14 bits per heavy atom. The summed E-state index contributed by atoms with van der Waals surface area (Å²) in [5, 5.41) is 19.2. The number of carboxylic acid groups (broad SMARTS) is 1. The zero-order valence-corrected chi connectivity index (χ0v) is 28.0. The van der Waals surface area contributed by atoms with Crippen molar-refractivity contribution in [2.45, 2.75) is 52.4 Å². The summed E-state index contributed by atoms with van der Waals surface area (Å²) in [6, 6.07) is 11.4. The lowest BCUT2D eigenvalue weighted by atomic mass is 9.52. The van der Waals surface area contributed by atoms with Crippen LogP contribution in [0, 0.1) is 34.5 Å². The van der Waals surface area contributed by atoms with Crippen molar-refractivity contribution < 1.29 is 19.5 Å². The molecule has 1 saturated carbocycles. The molecule has 2 aliphatic carbocycles. The van der Waals surface area contributed by atoms with Crippen molar-refractivity contribution in [3.63, 3.8) is 0 Å². The third kappa shape index (κ3) is 8.88. The van der Waals surface area contributed by atoms with E-state index in [0.717, 1.165) is 38.4 Å². The first kappa shape index (κ1) is 35.7. The van der Waals surface area contributed by atoms with Crippen molar-refractivity contribution in [3.8, 4) is 6.07 Å². The molecule has 2 aliphatic rings. The fourth-order valence-corrected chi connectivity index (χ4v) is 7.73. The highest BCUT2D eigenvalue weighted by atomic mass is 35.5. The molecule has 1 fully saturated rings. The van der Waals surface area contributed by atoms with E-state index in [9.17, 15) is 14.4 Å². The number of hydrogen-bond acceptors (Lipinski definition) is 4. The Morgan fingerprint density at radius 2 is 1.61 bits per heavy atom. The number of carboxylic acids is 1. The van der Waals surface area contributed by atoms with Gasteiger partial charge in [0.15, 0.2) is 0 Å². The average Bonchev–Trinajstić information content (AvgIpc) is 2.96. The van der Waals surface area contributed by atoms with Gasteiger partial charge in [-0.1, -0.05) is 70.5 Å². The lowest BCUT2D eigenvalue weighted by molar-refractivity contribution is -0.104. The van der Waals surface area contributed by atoms with E-state index in [2.05, 4.69) is 26.0 Å². The largest absolute Gasteiger partial charge is 0.478 e. The van der Waals surface area contributed by atoms with E-state index < -0.39 is 5.97 Å². The molecule has 0 bridgehead atoms. The van der Waals surface area contributed by atoms with E-state index in [0.29, 0.717) is 56.4 Å². The van der Waals surface area contributed by atoms with E-state index in [4.69, 9.17) is 56.8 Å². The maximum absolute atomic E-state index is 13.0. The smallest absolute Gasteiger partial charge is 0.335 e. The minimum absolute atomic E-state index is 0.0995. The lowest BCUT2D eigenvalue weighted by Crippen LogP contribution is -2.45. The van der Waals surface area contributed by atoms with E-state index in [1.54, 1.807) is 36.2 Å². The topological polar surface area (TPSA) is 98.5 Å². The molecule has 4 rings (SSSR count). The number of allylic oxidation sites excluding steroid dienone is 4. The predicted molar refractivity (Wildman–Crippen MR) is 177 cm³/mol. The first-order valence-electron chi connectivity index (χ1n) is 14.4. The number of fused-ring (bicyclic) bond motifs is 1. The number of carbonyl (C=O) groups excluding carboxylic acids is 2. The van der Waals surface area contributed by atoms with Crippen molar-refractivity contribution in [3.05, 3.63) is 90.9 Å². The van der Waals surface area contributed by atoms with Gasteiger partial charge in [0.1, 0.15) is 6.29 Å². The van der Waals surface area contributed by atoms with E-state index in [-0.39, 0.29) is 16.9 Å². The Hall–Kier alpha value is -2.82. The molecule has 4 unspecified atom stereocenters. The molecule has 4 atom stereocenters. The van der Waals surface area contributed by atoms with Crippen molar-refractivity contribution >= 4 is 64.6 Å². The van der Waals surface area contributed by atoms with Gasteiger partial charge in [-0.3, -0.25) is 9.59 Å². The minimum atomic E-state index is -1.03. The van der Waals surface area contributed by atoms with Gasteiger partial charge in [-0.05, 0) is 105 Å². The number of nitrogens with zero attached hydrogens (tertiary/aromatic N) is 2. The number of carbonyl (C=O) groups is 3. The summed E-state index contributed by atoms with van der Waals surface area (Å²) in [7, 11) is 1.80. The van der Waals surface area contributed by atoms with Crippen LogP contribution in [-0.4, -0.2) is 41.8 Å². The van der Waals surface area contributed by atoms with Crippen molar-refractivity contribution in [2.24, 2.45) is 23.2 Å². The molecular formula is C34H36Cl4N2O4. The summed E-state index contributed by atoms with van der Waals surface area (Å²) >= 11 is 23.3. The van der Waals surface area contributed by atoms with E-state index in [1.165, 1.54) is 29.3 Å². The third-order valence-electron chi connectivity index (χ3n) is 8.98. The normalized spacial score (nSPS) is 23.4. The maximum atomic E-state index is 13.0. The molecule has 10 heteroatoms. The van der Waals surface area contributed by atoms with Crippen molar-refractivity contribution in [2.75, 3.05) is 13.6 Å². The zero-order valence-electron chi connectivity index (χ0n) is 25.0. The Balaban J connectivity index is 0.000000404. The predicted octanol–water partition coefficient (Wildman–Crippen LogP) is 9.57. The monoisotopic (exact) mass is 676 g/mol. The Bertz CT molecular complexity index is 1460. The second kappa shape index (κ2) is 16.0. The van der Waals surface area contributed by atoms with Gasteiger partial charge < -0.3 is 10.0 Å². The number of hydrogen-bond donors (Lipinski definition) is 1. The number of rotatable bonds is 8. The SMILES string of the molecule is CC1=CCC2C(CC/C(=C/C=O)C2(C)CCN(C)C(=O)c2cc(Cl)cc(Cl)c2)C1CCC#N.O=C(O)c1cc(Cl)cc(Cl)c1. The average molecular weight is 678 g/mol. The summed E-state index contributed by atoms with van der Waals surface area (Å²) in [5.74, 6) is 0.129. The molecule has 0 aliphatic heterocycles. The summed E-state index contributed by atoms with van der Waals surface area (Å²) in [6.07, 6.45) is 10.1. The Morgan fingerprint density at radius 1 is 1.05 bits per heavy atom. The van der Waals surface area contributed by atoms with Gasteiger partial charge in [-0.25, -0.2) is 4.79 Å². The molecule has 6 nitrogen and oxygen atoms in total. The molecular weight excluding hydrogens is 642 g/mol. The molecule has 1 amide bonds. The molecule has 0 spiro atoms. The molecule has 1 N–H and O–H groups in total. The van der Waals surface area contributed by atoms with Crippen molar-refractivity contribution in [1.82, 2.24) is 4.90 Å². The van der Waals surface area contributed by atoms with Gasteiger partial charge in [-0.2, -0.15) is 5.26 Å². The zero-order chi connectivity index (χ0) is 32.6. The highest BCUT2D eigenvalue weighted by Gasteiger charge is 2.48. The number of benzene rings is 2. The van der Waals surface area contributed by atoms with Gasteiger partial charge in [0.05, 0.1) is 11.6 Å². The van der Waals surface area contributed by atoms with Gasteiger partial charge in [0, 0.05) is 45.7 Å². The van der Waals surface area contributed by atoms with E-state index >= 15 is 0 Å². The first-order valence-corrected chi connectivity index (χ1v) is 15.9. The fraction of sp³-hybridized carbons (Fsp3) is 0.412. The molecule has 2 aromatic rings.